The molecule has 0 N–H and O–H groups in total. The fourth-order valence-electron chi connectivity index (χ4n) is 1.36. The first-order valence-electron chi connectivity index (χ1n) is 7.61. The van der Waals surface area contributed by atoms with Gasteiger partial charge in [-0.1, -0.05) is 0 Å². The summed E-state index contributed by atoms with van der Waals surface area (Å²) in [6, 6.07) is 25.0. The standard InChI is InChI=1S/2C6H5.2C5H5.2CH3.CH2.Zr/c2*1-2-4-6-5-3-1;2*1-2-4-5-3-1;;;;/h2*1-5H;2*1-3H,4H2;2*1H3;1H2;/q6*-1;;. The first-order chi connectivity index (χ1) is 12.0. The summed E-state index contributed by atoms with van der Waals surface area (Å²) in [5.74, 6) is 0. The average Bonchev–Trinajstić information content (AvgIpc) is 3.45. The van der Waals surface area contributed by atoms with Gasteiger partial charge in [0.05, 0.1) is 0 Å². The molecule has 0 saturated carbocycles. The summed E-state index contributed by atoms with van der Waals surface area (Å²) < 4.78 is 3.34. The Labute approximate surface area is 177 Å². The first-order valence-corrected chi connectivity index (χ1v) is 9.35. The van der Waals surface area contributed by atoms with E-state index in [0.29, 0.717) is 0 Å². The van der Waals surface area contributed by atoms with Crippen molar-refractivity contribution in [3.05, 3.63) is 136 Å². The van der Waals surface area contributed by atoms with Crippen molar-refractivity contribution in [1.29, 1.82) is 0 Å². The topological polar surface area (TPSA) is 0 Å². The van der Waals surface area contributed by atoms with E-state index in [9.17, 15) is 0 Å². The third kappa shape index (κ3) is 24.4. The fourth-order valence-corrected chi connectivity index (χ4v) is 1.36. The Morgan fingerprint density at radius 2 is 0.923 bits per heavy atom. The molecular formula is C25H28Zr-6. The van der Waals surface area contributed by atoms with Crippen LogP contribution in [0.1, 0.15) is 12.8 Å². The Balaban J connectivity index is -0.000000257. The van der Waals surface area contributed by atoms with Crippen LogP contribution in [-0.4, -0.2) is 4.21 Å². The Morgan fingerprint density at radius 3 is 1.00 bits per heavy atom. The van der Waals surface area contributed by atoms with Gasteiger partial charge in [0, 0.05) is 0 Å². The molecule has 0 aromatic heterocycles. The van der Waals surface area contributed by atoms with Crippen molar-refractivity contribution in [2.45, 2.75) is 12.8 Å². The molecule has 0 radical (unpaired) electrons. The molecule has 0 atom stereocenters. The van der Waals surface area contributed by atoms with Gasteiger partial charge in [-0.2, -0.15) is 84.9 Å². The van der Waals surface area contributed by atoms with Crippen LogP contribution in [0.4, 0.5) is 0 Å². The summed E-state index contributed by atoms with van der Waals surface area (Å²) in [6.07, 6.45) is 20.0. The van der Waals surface area contributed by atoms with Crippen molar-refractivity contribution >= 4 is 4.21 Å². The second kappa shape index (κ2) is 28.0. The molecule has 0 spiro atoms. The van der Waals surface area contributed by atoms with Crippen molar-refractivity contribution in [3.8, 4) is 0 Å². The minimum Gasteiger partial charge on any atom is -0.358 e. The Bertz CT molecular complexity index is 439. The third-order valence-electron chi connectivity index (χ3n) is 2.39. The van der Waals surface area contributed by atoms with Gasteiger partial charge >= 0.3 is 28.4 Å². The van der Waals surface area contributed by atoms with Crippen molar-refractivity contribution in [3.63, 3.8) is 0 Å². The zero-order chi connectivity index (χ0) is 17.6. The van der Waals surface area contributed by atoms with E-state index in [1.165, 1.54) is 24.2 Å². The molecule has 0 saturated heterocycles. The van der Waals surface area contributed by atoms with Gasteiger partial charge in [-0.05, 0) is 0 Å². The minimum absolute atomic E-state index is 0. The molecule has 0 amide bonds. The molecule has 2 aliphatic carbocycles. The van der Waals surface area contributed by atoms with Crippen LogP contribution in [0.25, 0.3) is 0 Å². The molecule has 138 valence electrons. The maximum Gasteiger partial charge on any atom is -0.171 e. The van der Waals surface area contributed by atoms with E-state index in [1.807, 2.05) is 85.0 Å². The Hall–Kier alpha value is -1.85. The van der Waals surface area contributed by atoms with Gasteiger partial charge < -0.3 is 14.9 Å². The molecule has 2 aromatic carbocycles. The van der Waals surface area contributed by atoms with Crippen molar-refractivity contribution in [2.24, 2.45) is 0 Å². The molecule has 2 aliphatic rings. The molecule has 0 nitrogen and oxygen atoms in total. The van der Waals surface area contributed by atoms with Crippen LogP contribution in [-0.2, 0) is 24.2 Å². The number of rotatable bonds is 0. The van der Waals surface area contributed by atoms with Crippen LogP contribution in [0.5, 0.6) is 0 Å². The van der Waals surface area contributed by atoms with Crippen LogP contribution < -0.4 is 0 Å². The predicted molar refractivity (Wildman–Crippen MR) is 114 cm³/mol. The molecule has 1 heteroatoms. The quantitative estimate of drug-likeness (QED) is 0.430. The largest absolute Gasteiger partial charge is 0.358 e. The molecule has 0 fully saturated rings. The molecule has 2 aromatic rings. The Morgan fingerprint density at radius 1 is 0.577 bits per heavy atom. The predicted octanol–water partition coefficient (Wildman–Crippen LogP) is 6.45. The maximum absolute atomic E-state index is 3.34. The van der Waals surface area contributed by atoms with Crippen LogP contribution >= 0.6 is 0 Å². The first kappa shape index (κ1) is 28.9. The smallest absolute Gasteiger partial charge is 0.171 e. The minimum atomic E-state index is 0. The van der Waals surface area contributed by atoms with Gasteiger partial charge in [0.1, 0.15) is 0 Å². The van der Waals surface area contributed by atoms with Gasteiger partial charge in [0.15, 0.2) is 0 Å². The van der Waals surface area contributed by atoms with Gasteiger partial charge in [-0.15, -0.1) is 12.8 Å². The molecule has 0 aliphatic heterocycles. The van der Waals surface area contributed by atoms with Crippen molar-refractivity contribution in [2.75, 3.05) is 0 Å². The SMILES string of the molecule is [C-]1=CC=CC1.[C-]1=CC=CC1.[CH2]=[Zr].[CH3-].[CH3-].[c-]1ccccc1.[c-]1ccccc1. The molecule has 4 rings (SSSR count). The van der Waals surface area contributed by atoms with E-state index in [2.05, 4.69) is 40.6 Å². The van der Waals surface area contributed by atoms with E-state index in [1.54, 1.807) is 0 Å². The van der Waals surface area contributed by atoms with Crippen molar-refractivity contribution < 1.29 is 24.2 Å². The molecule has 0 heterocycles. The second-order valence-corrected chi connectivity index (χ2v) is 4.16. The van der Waals surface area contributed by atoms with Gasteiger partial charge in [-0.3, -0.25) is 12.2 Å². The molecule has 26 heavy (non-hydrogen) atoms. The van der Waals surface area contributed by atoms with Crippen LogP contribution in [0, 0.1) is 39.1 Å². The fraction of sp³-hybridized carbons (Fsp3) is 0.0800. The normalized spacial score (nSPS) is 10.6. The second-order valence-electron chi connectivity index (χ2n) is 4.16. The van der Waals surface area contributed by atoms with Gasteiger partial charge in [-0.25, -0.2) is 24.3 Å². The van der Waals surface area contributed by atoms with E-state index in [-0.39, 0.29) is 14.9 Å². The summed E-state index contributed by atoms with van der Waals surface area (Å²) in [6.45, 7) is 0. The number of hydrogen-bond acceptors (Lipinski definition) is 0. The van der Waals surface area contributed by atoms with Gasteiger partial charge in [0.2, 0.25) is 0 Å². The molecule has 0 unspecified atom stereocenters. The van der Waals surface area contributed by atoms with Crippen LogP contribution in [0.15, 0.2) is 97.1 Å². The molecule has 0 bridgehead atoms. The summed E-state index contributed by atoms with van der Waals surface area (Å²) in [5.41, 5.74) is 0. The van der Waals surface area contributed by atoms with Crippen molar-refractivity contribution in [1.82, 2.24) is 0 Å². The monoisotopic (exact) mass is 418 g/mol. The van der Waals surface area contributed by atoms with Gasteiger partial charge in [0.25, 0.3) is 0 Å². The number of allylic oxidation sites excluding steroid dienone is 8. The van der Waals surface area contributed by atoms with E-state index in [4.69, 9.17) is 0 Å². The summed E-state index contributed by atoms with van der Waals surface area (Å²) in [4.78, 5) is 0. The van der Waals surface area contributed by atoms with E-state index in [0.717, 1.165) is 12.8 Å². The van der Waals surface area contributed by atoms with E-state index >= 15 is 0 Å². The molecular weight excluding hydrogens is 391 g/mol. The summed E-state index contributed by atoms with van der Waals surface area (Å²) in [5, 5.41) is 0. The average molecular weight is 420 g/mol. The summed E-state index contributed by atoms with van der Waals surface area (Å²) in [7, 11) is 0. The Kier molecular flexibility index (Phi) is 31.1. The van der Waals surface area contributed by atoms with Crippen LogP contribution in [0.3, 0.4) is 0 Å². The number of hydrogen-bond donors (Lipinski definition) is 0. The zero-order valence-corrected chi connectivity index (χ0v) is 18.3. The van der Waals surface area contributed by atoms with Crippen LogP contribution in [0.2, 0.25) is 0 Å². The maximum atomic E-state index is 3.34. The van der Waals surface area contributed by atoms with E-state index < -0.39 is 0 Å². The zero-order valence-electron chi connectivity index (χ0n) is 15.9. The third-order valence-corrected chi connectivity index (χ3v) is 2.39. The number of benzene rings is 2. The summed E-state index contributed by atoms with van der Waals surface area (Å²) >= 11 is 1.30.